The predicted molar refractivity (Wildman–Crippen MR) is 78.3 cm³/mol. The molecule has 2 aliphatic rings. The highest BCUT2D eigenvalue weighted by molar-refractivity contribution is 5.93. The molecule has 1 fully saturated rings. The fourth-order valence-corrected chi connectivity index (χ4v) is 3.05. The van der Waals surface area contributed by atoms with Crippen LogP contribution in [0.2, 0.25) is 0 Å². The smallest absolute Gasteiger partial charge is 0.339 e. The molecule has 0 aliphatic heterocycles. The van der Waals surface area contributed by atoms with E-state index >= 15 is 0 Å². The van der Waals surface area contributed by atoms with Crippen LogP contribution in [0.1, 0.15) is 60.6 Å². The van der Waals surface area contributed by atoms with Crippen molar-refractivity contribution in [2.45, 2.75) is 57.9 Å². The molecular weight excluding hydrogens is 252 g/mol. The minimum absolute atomic E-state index is 0.287. The van der Waals surface area contributed by atoms with Gasteiger partial charge in [-0.15, -0.1) is 0 Å². The third kappa shape index (κ3) is 2.94. The van der Waals surface area contributed by atoms with Crippen LogP contribution in [0.25, 0.3) is 0 Å². The lowest BCUT2D eigenvalue weighted by Gasteiger charge is -2.20. The first-order valence-corrected chi connectivity index (χ1v) is 7.66. The number of aromatic nitrogens is 1. The minimum Gasteiger partial charge on any atom is -0.478 e. The normalized spacial score (nSPS) is 19.2. The summed E-state index contributed by atoms with van der Waals surface area (Å²) in [5.41, 5.74) is 2.53. The summed E-state index contributed by atoms with van der Waals surface area (Å²) in [6.45, 7) is 2.12. The molecule has 108 valence electrons. The van der Waals surface area contributed by atoms with Gasteiger partial charge in [0, 0.05) is 11.7 Å². The van der Waals surface area contributed by atoms with E-state index in [0.717, 1.165) is 49.3 Å². The van der Waals surface area contributed by atoms with Crippen LogP contribution in [-0.2, 0) is 12.8 Å². The Kier molecular flexibility index (Phi) is 3.64. The second kappa shape index (κ2) is 5.43. The minimum atomic E-state index is -0.882. The first-order chi connectivity index (χ1) is 9.63. The highest BCUT2D eigenvalue weighted by Gasteiger charge is 2.25. The van der Waals surface area contributed by atoms with Crippen LogP contribution in [0.15, 0.2) is 6.07 Å². The zero-order valence-corrected chi connectivity index (χ0v) is 12.0. The van der Waals surface area contributed by atoms with E-state index in [4.69, 9.17) is 0 Å². The van der Waals surface area contributed by atoms with Gasteiger partial charge >= 0.3 is 5.97 Å². The van der Waals surface area contributed by atoms with Crippen molar-refractivity contribution >= 4 is 11.8 Å². The highest BCUT2D eigenvalue weighted by Crippen LogP contribution is 2.34. The Bertz CT molecular complexity index is 523. The molecule has 1 aromatic heterocycles. The molecule has 0 radical (unpaired) electrons. The van der Waals surface area contributed by atoms with Gasteiger partial charge in [-0.3, -0.25) is 0 Å². The van der Waals surface area contributed by atoms with Gasteiger partial charge in [0.15, 0.2) is 0 Å². The van der Waals surface area contributed by atoms with E-state index in [-0.39, 0.29) is 6.04 Å². The van der Waals surface area contributed by atoms with E-state index in [1.807, 2.05) is 6.07 Å². The van der Waals surface area contributed by atoms with E-state index in [1.54, 1.807) is 0 Å². The number of hydrogen-bond donors (Lipinski definition) is 2. The number of carbonyl (C=O) groups is 1. The Morgan fingerprint density at radius 2 is 2.20 bits per heavy atom. The van der Waals surface area contributed by atoms with Crippen molar-refractivity contribution in [2.24, 2.45) is 5.92 Å². The number of fused-ring (bicyclic) bond motifs is 1. The molecule has 1 aromatic rings. The molecule has 1 saturated carbocycles. The summed E-state index contributed by atoms with van der Waals surface area (Å²) in [4.78, 5) is 16.1. The number of rotatable bonds is 5. The molecule has 1 heterocycles. The molecule has 0 spiro atoms. The predicted octanol–water partition coefficient (Wildman–Crippen LogP) is 3.26. The highest BCUT2D eigenvalue weighted by atomic mass is 16.4. The third-order valence-corrected chi connectivity index (χ3v) is 4.30. The molecular formula is C16H22N2O2. The maximum atomic E-state index is 11.4. The van der Waals surface area contributed by atoms with Gasteiger partial charge < -0.3 is 10.4 Å². The molecule has 2 aliphatic carbocycles. The maximum absolute atomic E-state index is 11.4. The topological polar surface area (TPSA) is 62.2 Å². The van der Waals surface area contributed by atoms with Gasteiger partial charge in [-0.1, -0.05) is 12.8 Å². The van der Waals surface area contributed by atoms with E-state index in [0.29, 0.717) is 11.4 Å². The number of nitrogens with one attached hydrogen (secondary N) is 1. The van der Waals surface area contributed by atoms with Gasteiger partial charge in [-0.2, -0.15) is 0 Å². The van der Waals surface area contributed by atoms with Gasteiger partial charge in [-0.25, -0.2) is 9.78 Å². The molecule has 20 heavy (non-hydrogen) atoms. The number of aromatic carboxylic acids is 1. The fourth-order valence-electron chi connectivity index (χ4n) is 3.05. The number of carboxylic acids is 1. The van der Waals surface area contributed by atoms with Crippen LogP contribution < -0.4 is 5.32 Å². The van der Waals surface area contributed by atoms with Crippen LogP contribution in [0.5, 0.6) is 0 Å². The molecule has 0 aromatic carbocycles. The SMILES string of the molecule is CC(CC1CC1)Nc1nc2c(cc1C(=O)O)CCCC2. The summed E-state index contributed by atoms with van der Waals surface area (Å²) in [5, 5.41) is 12.7. The molecule has 1 unspecified atom stereocenters. The first kappa shape index (κ1) is 13.4. The summed E-state index contributed by atoms with van der Waals surface area (Å²) in [7, 11) is 0. The summed E-state index contributed by atoms with van der Waals surface area (Å²) in [5.74, 6) is 0.502. The molecule has 4 heteroatoms. The molecule has 3 rings (SSSR count). The van der Waals surface area contributed by atoms with Crippen LogP contribution in [0.3, 0.4) is 0 Å². The molecule has 0 amide bonds. The van der Waals surface area contributed by atoms with Crippen molar-refractivity contribution in [2.75, 3.05) is 5.32 Å². The number of aryl methyl sites for hydroxylation is 2. The second-order valence-electron chi connectivity index (χ2n) is 6.23. The number of hydrogen-bond acceptors (Lipinski definition) is 3. The summed E-state index contributed by atoms with van der Waals surface area (Å²) in [6, 6.07) is 2.12. The number of nitrogens with zero attached hydrogens (tertiary/aromatic N) is 1. The average molecular weight is 274 g/mol. The quantitative estimate of drug-likeness (QED) is 0.865. The van der Waals surface area contributed by atoms with Crippen molar-refractivity contribution < 1.29 is 9.90 Å². The number of carboxylic acid groups (broad SMARTS) is 1. The lowest BCUT2D eigenvalue weighted by molar-refractivity contribution is 0.0697. The van der Waals surface area contributed by atoms with E-state index < -0.39 is 5.97 Å². The maximum Gasteiger partial charge on any atom is 0.339 e. The molecule has 0 saturated heterocycles. The summed E-state index contributed by atoms with van der Waals surface area (Å²) < 4.78 is 0. The zero-order chi connectivity index (χ0) is 14.1. The Morgan fingerprint density at radius 3 is 2.90 bits per heavy atom. The van der Waals surface area contributed by atoms with Crippen molar-refractivity contribution in [3.63, 3.8) is 0 Å². The fraction of sp³-hybridized carbons (Fsp3) is 0.625. The van der Waals surface area contributed by atoms with Gasteiger partial charge in [0.05, 0.1) is 0 Å². The van der Waals surface area contributed by atoms with Crippen LogP contribution in [-0.4, -0.2) is 22.1 Å². The molecule has 0 bridgehead atoms. The summed E-state index contributed by atoms with van der Waals surface area (Å²) >= 11 is 0. The van der Waals surface area contributed by atoms with Gasteiger partial charge in [0.2, 0.25) is 0 Å². The Balaban J connectivity index is 1.84. The third-order valence-electron chi connectivity index (χ3n) is 4.30. The van der Waals surface area contributed by atoms with Crippen molar-refractivity contribution in [1.82, 2.24) is 4.98 Å². The largest absolute Gasteiger partial charge is 0.478 e. The van der Waals surface area contributed by atoms with E-state index in [9.17, 15) is 9.90 Å². The van der Waals surface area contributed by atoms with Crippen LogP contribution in [0, 0.1) is 5.92 Å². The lowest BCUT2D eigenvalue weighted by atomic mass is 9.94. The average Bonchev–Trinajstić information content (AvgIpc) is 3.21. The van der Waals surface area contributed by atoms with Crippen LogP contribution in [0.4, 0.5) is 5.82 Å². The first-order valence-electron chi connectivity index (χ1n) is 7.66. The Hall–Kier alpha value is -1.58. The lowest BCUT2D eigenvalue weighted by Crippen LogP contribution is -2.21. The molecule has 1 atom stereocenters. The zero-order valence-electron chi connectivity index (χ0n) is 12.0. The van der Waals surface area contributed by atoms with Gasteiger partial charge in [0.1, 0.15) is 11.4 Å². The number of anilines is 1. The second-order valence-corrected chi connectivity index (χ2v) is 6.23. The van der Waals surface area contributed by atoms with Gasteiger partial charge in [0.25, 0.3) is 0 Å². The van der Waals surface area contributed by atoms with Crippen LogP contribution >= 0.6 is 0 Å². The van der Waals surface area contributed by atoms with E-state index in [1.165, 1.54) is 12.8 Å². The Labute approximate surface area is 119 Å². The van der Waals surface area contributed by atoms with Gasteiger partial charge in [-0.05, 0) is 56.6 Å². The van der Waals surface area contributed by atoms with Crippen molar-refractivity contribution in [1.29, 1.82) is 0 Å². The van der Waals surface area contributed by atoms with E-state index in [2.05, 4.69) is 17.2 Å². The summed E-state index contributed by atoms with van der Waals surface area (Å²) in [6.07, 6.45) is 7.96. The van der Waals surface area contributed by atoms with Crippen molar-refractivity contribution in [3.8, 4) is 0 Å². The Morgan fingerprint density at radius 1 is 1.45 bits per heavy atom. The monoisotopic (exact) mass is 274 g/mol. The molecule has 4 nitrogen and oxygen atoms in total. The van der Waals surface area contributed by atoms with Crippen molar-refractivity contribution in [3.05, 3.63) is 22.9 Å². The number of pyridine rings is 1. The standard InChI is InChI=1S/C16H22N2O2/c1-10(8-11-6-7-11)17-15-13(16(19)20)9-12-4-2-3-5-14(12)18-15/h9-11H,2-8H2,1H3,(H,17,18)(H,19,20). The molecule has 2 N–H and O–H groups in total.